The third-order valence-electron chi connectivity index (χ3n) is 3.77. The van der Waals surface area contributed by atoms with Crippen molar-refractivity contribution >= 4 is 0 Å². The van der Waals surface area contributed by atoms with E-state index in [1.807, 2.05) is 0 Å². The summed E-state index contributed by atoms with van der Waals surface area (Å²) in [5, 5.41) is 3.39. The molecule has 2 atom stereocenters. The number of hydrogen-bond donors (Lipinski definition) is 1. The Labute approximate surface area is 106 Å². The highest BCUT2D eigenvalue weighted by molar-refractivity contribution is 5.22. The number of hydrogen-bond acceptors (Lipinski definition) is 2. The minimum absolute atomic E-state index is 0.0125. The van der Waals surface area contributed by atoms with Crippen molar-refractivity contribution in [3.05, 3.63) is 35.4 Å². The second kappa shape index (κ2) is 5.33. The van der Waals surface area contributed by atoms with Gasteiger partial charge in [-0.25, -0.2) is 8.78 Å². The lowest BCUT2D eigenvalue weighted by Crippen LogP contribution is -2.42. The van der Waals surface area contributed by atoms with Gasteiger partial charge in [0.25, 0.3) is 0 Å². The standard InChI is InChI=1S/C14H19F2NO/c1-3-14(2)6-7-18-13(9-17-14)11-8-10(15)4-5-12(11)16/h4-5,8,13,17H,3,6-7,9H2,1-2H3. The molecule has 1 fully saturated rings. The smallest absolute Gasteiger partial charge is 0.129 e. The Bertz CT molecular complexity index is 424. The first kappa shape index (κ1) is 13.4. The molecule has 0 saturated carbocycles. The van der Waals surface area contributed by atoms with E-state index in [4.69, 9.17) is 4.74 Å². The predicted octanol–water partition coefficient (Wildman–Crippen LogP) is 3.18. The molecule has 2 nitrogen and oxygen atoms in total. The lowest BCUT2D eigenvalue weighted by atomic mass is 9.95. The van der Waals surface area contributed by atoms with Crippen molar-refractivity contribution in [2.45, 2.75) is 38.3 Å². The summed E-state index contributed by atoms with van der Waals surface area (Å²) in [6.07, 6.45) is 1.43. The highest BCUT2D eigenvalue weighted by Crippen LogP contribution is 2.27. The molecule has 1 saturated heterocycles. The van der Waals surface area contributed by atoms with E-state index in [1.165, 1.54) is 6.07 Å². The van der Waals surface area contributed by atoms with Crippen molar-refractivity contribution in [3.63, 3.8) is 0 Å². The molecule has 1 aliphatic heterocycles. The molecule has 0 aliphatic carbocycles. The van der Waals surface area contributed by atoms with Crippen LogP contribution in [0.5, 0.6) is 0 Å². The Hall–Kier alpha value is -1.00. The van der Waals surface area contributed by atoms with Crippen molar-refractivity contribution < 1.29 is 13.5 Å². The first-order valence-corrected chi connectivity index (χ1v) is 6.36. The summed E-state index contributed by atoms with van der Waals surface area (Å²) in [7, 11) is 0. The summed E-state index contributed by atoms with van der Waals surface area (Å²) >= 11 is 0. The molecule has 1 heterocycles. The van der Waals surface area contributed by atoms with Crippen LogP contribution < -0.4 is 5.32 Å². The molecule has 0 aromatic heterocycles. The van der Waals surface area contributed by atoms with Gasteiger partial charge in [0.2, 0.25) is 0 Å². The molecule has 2 unspecified atom stereocenters. The van der Waals surface area contributed by atoms with Gasteiger partial charge in [-0.2, -0.15) is 0 Å². The fraction of sp³-hybridized carbons (Fsp3) is 0.571. The van der Waals surface area contributed by atoms with Gasteiger partial charge in [-0.05, 0) is 38.0 Å². The van der Waals surface area contributed by atoms with Crippen molar-refractivity contribution in [3.8, 4) is 0 Å². The highest BCUT2D eigenvalue weighted by atomic mass is 19.1. The van der Waals surface area contributed by atoms with Crippen molar-refractivity contribution in [2.24, 2.45) is 0 Å². The van der Waals surface area contributed by atoms with Crippen LogP contribution in [-0.2, 0) is 4.74 Å². The highest BCUT2D eigenvalue weighted by Gasteiger charge is 2.28. The van der Waals surface area contributed by atoms with Crippen molar-refractivity contribution in [1.82, 2.24) is 5.32 Å². The summed E-state index contributed by atoms with van der Waals surface area (Å²) < 4.78 is 32.5. The van der Waals surface area contributed by atoms with Crippen LogP contribution in [0.25, 0.3) is 0 Å². The number of benzene rings is 1. The SMILES string of the molecule is CCC1(C)CCOC(c2cc(F)ccc2F)CN1. The normalized spacial score (nSPS) is 29.0. The molecule has 0 radical (unpaired) electrons. The van der Waals surface area contributed by atoms with Crippen LogP contribution >= 0.6 is 0 Å². The largest absolute Gasteiger partial charge is 0.372 e. The topological polar surface area (TPSA) is 21.3 Å². The second-order valence-electron chi connectivity index (χ2n) is 5.07. The molecule has 100 valence electrons. The second-order valence-corrected chi connectivity index (χ2v) is 5.07. The zero-order valence-electron chi connectivity index (χ0n) is 10.8. The quantitative estimate of drug-likeness (QED) is 0.876. The summed E-state index contributed by atoms with van der Waals surface area (Å²) in [6, 6.07) is 3.49. The number of nitrogens with one attached hydrogen (secondary N) is 1. The Morgan fingerprint density at radius 2 is 2.22 bits per heavy atom. The molecular weight excluding hydrogens is 236 g/mol. The molecule has 0 spiro atoms. The van der Waals surface area contributed by atoms with Crippen LogP contribution in [0.2, 0.25) is 0 Å². The molecule has 0 bridgehead atoms. The van der Waals surface area contributed by atoms with Gasteiger partial charge >= 0.3 is 0 Å². The number of halogens is 2. The maximum absolute atomic E-state index is 13.7. The summed E-state index contributed by atoms with van der Waals surface area (Å²) in [5.41, 5.74) is 0.307. The molecule has 1 aromatic carbocycles. The molecule has 1 aliphatic rings. The zero-order chi connectivity index (χ0) is 13.2. The third-order valence-corrected chi connectivity index (χ3v) is 3.77. The minimum Gasteiger partial charge on any atom is -0.372 e. The fourth-order valence-corrected chi connectivity index (χ4v) is 2.18. The first-order chi connectivity index (χ1) is 8.54. The van der Waals surface area contributed by atoms with Gasteiger partial charge in [-0.3, -0.25) is 0 Å². The zero-order valence-corrected chi connectivity index (χ0v) is 10.8. The summed E-state index contributed by atoms with van der Waals surface area (Å²) in [6.45, 7) is 5.29. The summed E-state index contributed by atoms with van der Waals surface area (Å²) in [5.74, 6) is -0.846. The first-order valence-electron chi connectivity index (χ1n) is 6.36. The van der Waals surface area contributed by atoms with E-state index < -0.39 is 17.7 Å². The Morgan fingerprint density at radius 1 is 1.44 bits per heavy atom. The average molecular weight is 255 g/mol. The molecule has 2 rings (SSSR count). The molecule has 4 heteroatoms. The molecule has 1 N–H and O–H groups in total. The van der Waals surface area contributed by atoms with Crippen LogP contribution in [0, 0.1) is 11.6 Å². The predicted molar refractivity (Wildman–Crippen MR) is 66.4 cm³/mol. The van der Waals surface area contributed by atoms with Gasteiger partial charge in [-0.15, -0.1) is 0 Å². The van der Waals surface area contributed by atoms with Gasteiger partial charge in [0.1, 0.15) is 11.6 Å². The maximum Gasteiger partial charge on any atom is 0.129 e. The maximum atomic E-state index is 13.7. The lowest BCUT2D eigenvalue weighted by molar-refractivity contribution is 0.0626. The molecule has 1 aromatic rings. The van der Waals surface area contributed by atoms with E-state index in [-0.39, 0.29) is 5.54 Å². The van der Waals surface area contributed by atoms with Gasteiger partial charge < -0.3 is 10.1 Å². The van der Waals surface area contributed by atoms with Gasteiger partial charge in [0.05, 0.1) is 6.10 Å². The van der Waals surface area contributed by atoms with Gasteiger partial charge in [0.15, 0.2) is 0 Å². The van der Waals surface area contributed by atoms with E-state index in [2.05, 4.69) is 19.2 Å². The van der Waals surface area contributed by atoms with E-state index in [1.54, 1.807) is 0 Å². The van der Waals surface area contributed by atoms with Crippen LogP contribution in [0.3, 0.4) is 0 Å². The minimum atomic E-state index is -0.433. The van der Waals surface area contributed by atoms with Crippen LogP contribution in [0.15, 0.2) is 18.2 Å². The number of ether oxygens (including phenoxy) is 1. The van der Waals surface area contributed by atoms with E-state index in [9.17, 15) is 8.78 Å². The van der Waals surface area contributed by atoms with Gasteiger partial charge in [0, 0.05) is 24.3 Å². The molecule has 18 heavy (non-hydrogen) atoms. The third kappa shape index (κ3) is 2.87. The van der Waals surface area contributed by atoms with E-state index >= 15 is 0 Å². The Morgan fingerprint density at radius 3 is 2.94 bits per heavy atom. The lowest BCUT2D eigenvalue weighted by Gasteiger charge is -2.27. The van der Waals surface area contributed by atoms with Crippen LogP contribution in [0.1, 0.15) is 38.4 Å². The Kier molecular flexibility index (Phi) is 3.97. The molecular formula is C14H19F2NO. The summed E-state index contributed by atoms with van der Waals surface area (Å²) in [4.78, 5) is 0. The Balaban J connectivity index is 2.17. The van der Waals surface area contributed by atoms with Crippen LogP contribution in [0.4, 0.5) is 8.78 Å². The van der Waals surface area contributed by atoms with Crippen molar-refractivity contribution in [1.29, 1.82) is 0 Å². The van der Waals surface area contributed by atoms with Gasteiger partial charge in [-0.1, -0.05) is 6.92 Å². The monoisotopic (exact) mass is 255 g/mol. The van der Waals surface area contributed by atoms with E-state index in [0.717, 1.165) is 25.0 Å². The molecule has 0 amide bonds. The average Bonchev–Trinajstić information content (AvgIpc) is 2.55. The van der Waals surface area contributed by atoms with Crippen LogP contribution in [-0.4, -0.2) is 18.7 Å². The van der Waals surface area contributed by atoms with Crippen molar-refractivity contribution in [2.75, 3.05) is 13.2 Å². The van der Waals surface area contributed by atoms with E-state index in [0.29, 0.717) is 18.7 Å². The fourth-order valence-electron chi connectivity index (χ4n) is 2.18. The number of rotatable bonds is 2.